The largest absolute Gasteiger partial charge is 0.344 e. The maximum atomic E-state index is 12.1. The second kappa shape index (κ2) is 9.55. The zero-order valence-corrected chi connectivity index (χ0v) is 19.7. The van der Waals surface area contributed by atoms with Crippen LogP contribution in [0.3, 0.4) is 0 Å². The Kier molecular flexibility index (Phi) is 7.88. The van der Waals surface area contributed by atoms with Crippen LogP contribution in [0.4, 0.5) is 5.69 Å². The van der Waals surface area contributed by atoms with Gasteiger partial charge in [0.05, 0.1) is 11.5 Å². The molecule has 28 heavy (non-hydrogen) atoms. The van der Waals surface area contributed by atoms with Gasteiger partial charge in [-0.25, -0.2) is 8.42 Å². The Morgan fingerprint density at radius 2 is 1.79 bits per heavy atom. The van der Waals surface area contributed by atoms with Crippen LogP contribution in [0.15, 0.2) is 18.2 Å². The average molecular weight is 426 g/mol. The molecule has 1 aliphatic rings. The minimum atomic E-state index is -2.97. The summed E-state index contributed by atoms with van der Waals surface area (Å²) < 4.78 is 24.1. The van der Waals surface area contributed by atoms with Crippen LogP contribution in [-0.4, -0.2) is 66.1 Å². The molecule has 0 aliphatic carbocycles. The lowest BCUT2D eigenvalue weighted by Crippen LogP contribution is -2.49. The highest BCUT2D eigenvalue weighted by atomic mass is 32.2. The van der Waals surface area contributed by atoms with Crippen molar-refractivity contribution in [3.8, 4) is 0 Å². The van der Waals surface area contributed by atoms with Gasteiger partial charge in [0.1, 0.15) is 0 Å². The molecule has 1 atom stereocenters. The number of nitrogens with one attached hydrogen (secondary N) is 1. The third kappa shape index (κ3) is 6.16. The van der Waals surface area contributed by atoms with Crippen molar-refractivity contribution < 1.29 is 8.42 Å². The first-order chi connectivity index (χ1) is 13.0. The molecule has 1 N–H and O–H groups in total. The highest BCUT2D eigenvalue weighted by Crippen LogP contribution is 2.21. The third-order valence-electron chi connectivity index (χ3n) is 5.59. The zero-order chi connectivity index (χ0) is 21.1. The molecule has 0 saturated carbocycles. The van der Waals surface area contributed by atoms with Crippen LogP contribution in [0.2, 0.25) is 0 Å². The van der Waals surface area contributed by atoms with Crippen molar-refractivity contribution in [3.05, 3.63) is 29.3 Å². The predicted molar refractivity (Wildman–Crippen MR) is 123 cm³/mol. The van der Waals surface area contributed by atoms with Gasteiger partial charge in [-0.1, -0.05) is 6.07 Å². The molecule has 1 heterocycles. The van der Waals surface area contributed by atoms with Crippen molar-refractivity contribution in [1.29, 1.82) is 0 Å². The summed E-state index contributed by atoms with van der Waals surface area (Å²) in [6, 6.07) is 6.97. The molecule has 1 aliphatic heterocycles. The molecule has 0 amide bonds. The molecule has 1 aromatic carbocycles. The topological polar surface area (TPSA) is 52.6 Å². The maximum Gasteiger partial charge on any atom is 0.173 e. The Labute approximate surface area is 176 Å². The number of anilines is 1. The molecule has 0 aromatic heterocycles. The minimum Gasteiger partial charge on any atom is -0.344 e. The average Bonchev–Trinajstić information content (AvgIpc) is 2.93. The number of hydrogen-bond acceptors (Lipinski definition) is 4. The number of rotatable bonds is 7. The van der Waals surface area contributed by atoms with Crippen molar-refractivity contribution in [3.63, 3.8) is 0 Å². The van der Waals surface area contributed by atoms with Gasteiger partial charge in [0.15, 0.2) is 14.9 Å². The molecule has 158 valence electrons. The molecule has 5 nitrogen and oxygen atoms in total. The lowest BCUT2D eigenvalue weighted by Gasteiger charge is -2.36. The summed E-state index contributed by atoms with van der Waals surface area (Å²) in [5, 5.41) is 3.95. The molecular weight excluding hydrogens is 390 g/mol. The molecule has 0 spiro atoms. The van der Waals surface area contributed by atoms with Gasteiger partial charge >= 0.3 is 0 Å². The van der Waals surface area contributed by atoms with E-state index < -0.39 is 9.84 Å². The summed E-state index contributed by atoms with van der Waals surface area (Å²) in [5.41, 5.74) is 3.39. The van der Waals surface area contributed by atoms with Gasteiger partial charge in [-0.15, -0.1) is 0 Å². The lowest BCUT2D eigenvalue weighted by atomic mass is 10.1. The van der Waals surface area contributed by atoms with E-state index in [1.165, 1.54) is 11.1 Å². The van der Waals surface area contributed by atoms with Gasteiger partial charge < -0.3 is 10.2 Å². The molecule has 1 saturated heterocycles. The van der Waals surface area contributed by atoms with Crippen LogP contribution in [0, 0.1) is 13.8 Å². The Morgan fingerprint density at radius 3 is 2.29 bits per heavy atom. The van der Waals surface area contributed by atoms with Crippen molar-refractivity contribution >= 4 is 32.9 Å². The lowest BCUT2D eigenvalue weighted by molar-refractivity contribution is 0.155. The van der Waals surface area contributed by atoms with Crippen molar-refractivity contribution in [2.24, 2.45) is 0 Å². The highest BCUT2D eigenvalue weighted by Gasteiger charge is 2.33. The van der Waals surface area contributed by atoms with Crippen LogP contribution >= 0.6 is 12.2 Å². The number of aryl methyl sites for hydroxylation is 2. The highest BCUT2D eigenvalue weighted by molar-refractivity contribution is 7.91. The van der Waals surface area contributed by atoms with E-state index in [1.54, 1.807) is 0 Å². The van der Waals surface area contributed by atoms with E-state index in [0.717, 1.165) is 12.2 Å². The summed E-state index contributed by atoms with van der Waals surface area (Å²) in [4.78, 5) is 4.50. The summed E-state index contributed by atoms with van der Waals surface area (Å²) in [7, 11) is -2.97. The second-order valence-electron chi connectivity index (χ2n) is 8.40. The maximum absolute atomic E-state index is 12.1. The SMILES string of the molecule is Cc1ccc(NC(=S)N(CCN(C(C)C)C(C)C)[C@H]2CCS(=O)(=O)C2)cc1C. The summed E-state index contributed by atoms with van der Waals surface area (Å²) in [6.45, 7) is 14.5. The third-order valence-corrected chi connectivity index (χ3v) is 7.68. The van der Waals surface area contributed by atoms with E-state index in [4.69, 9.17) is 12.2 Å². The van der Waals surface area contributed by atoms with E-state index in [9.17, 15) is 8.42 Å². The van der Waals surface area contributed by atoms with Crippen LogP contribution in [0.1, 0.15) is 45.2 Å². The van der Waals surface area contributed by atoms with E-state index in [0.29, 0.717) is 30.2 Å². The molecule has 0 unspecified atom stereocenters. The van der Waals surface area contributed by atoms with Crippen LogP contribution in [0.25, 0.3) is 0 Å². The first-order valence-electron chi connectivity index (χ1n) is 10.1. The fourth-order valence-corrected chi connectivity index (χ4v) is 5.91. The molecular formula is C21H35N3O2S2. The van der Waals surface area contributed by atoms with Crippen LogP contribution in [0.5, 0.6) is 0 Å². The quantitative estimate of drug-likeness (QED) is 0.674. The first-order valence-corrected chi connectivity index (χ1v) is 12.3. The standard InChI is InChI=1S/C21H35N3O2S2/c1-15(2)23(16(3)4)10-11-24(20-9-12-28(25,26)14-20)21(27)22-19-8-7-17(5)18(6)13-19/h7-8,13,15-16,20H,9-12,14H2,1-6H3,(H,22,27)/t20-/m0/s1. The summed E-state index contributed by atoms with van der Waals surface area (Å²) in [5.74, 6) is 0.434. The number of nitrogens with zero attached hydrogens (tertiary/aromatic N) is 2. The second-order valence-corrected chi connectivity index (χ2v) is 11.0. The molecule has 0 bridgehead atoms. The first kappa shape index (κ1) is 23.1. The Hall–Kier alpha value is -1.18. The van der Waals surface area contributed by atoms with E-state index in [1.807, 2.05) is 6.07 Å². The number of sulfone groups is 1. The van der Waals surface area contributed by atoms with Gasteiger partial charge in [0.2, 0.25) is 0 Å². The van der Waals surface area contributed by atoms with Gasteiger partial charge in [0.25, 0.3) is 0 Å². The number of benzene rings is 1. The van der Waals surface area contributed by atoms with E-state index in [-0.39, 0.29) is 17.5 Å². The predicted octanol–water partition coefficient (Wildman–Crippen LogP) is 3.61. The van der Waals surface area contributed by atoms with Crippen LogP contribution in [-0.2, 0) is 9.84 Å². The molecule has 7 heteroatoms. The normalized spacial score (nSPS) is 18.8. The Bertz CT molecular complexity index is 783. The van der Waals surface area contributed by atoms with E-state index in [2.05, 4.69) is 68.8 Å². The molecule has 1 aromatic rings. The summed E-state index contributed by atoms with van der Waals surface area (Å²) in [6.07, 6.45) is 0.639. The van der Waals surface area contributed by atoms with Crippen LogP contribution < -0.4 is 5.32 Å². The smallest absolute Gasteiger partial charge is 0.173 e. The number of hydrogen-bond donors (Lipinski definition) is 1. The zero-order valence-electron chi connectivity index (χ0n) is 18.0. The van der Waals surface area contributed by atoms with Gasteiger partial charge in [-0.3, -0.25) is 4.90 Å². The molecule has 2 rings (SSSR count). The van der Waals surface area contributed by atoms with Crippen molar-refractivity contribution in [2.75, 3.05) is 29.9 Å². The Balaban J connectivity index is 2.17. The van der Waals surface area contributed by atoms with E-state index >= 15 is 0 Å². The van der Waals surface area contributed by atoms with Crippen molar-refractivity contribution in [2.45, 2.75) is 66.1 Å². The van der Waals surface area contributed by atoms with Gasteiger partial charge in [-0.05, 0) is 83.4 Å². The van der Waals surface area contributed by atoms with Crippen molar-refractivity contribution in [1.82, 2.24) is 9.80 Å². The van der Waals surface area contributed by atoms with Gasteiger partial charge in [0, 0.05) is 36.9 Å². The Morgan fingerprint density at radius 1 is 1.14 bits per heavy atom. The minimum absolute atomic E-state index is 0.0577. The van der Waals surface area contributed by atoms with Gasteiger partial charge in [-0.2, -0.15) is 0 Å². The fourth-order valence-electron chi connectivity index (χ4n) is 3.82. The molecule has 1 fully saturated rings. The summed E-state index contributed by atoms with van der Waals surface area (Å²) >= 11 is 5.73. The number of thiocarbonyl (C=S) groups is 1. The molecule has 0 radical (unpaired) electrons. The fraction of sp³-hybridized carbons (Fsp3) is 0.667. The monoisotopic (exact) mass is 425 g/mol.